The average molecular weight is 387 g/mol. The molecule has 0 aromatic heterocycles. The topological polar surface area (TPSA) is 47.1 Å². The molecule has 2 heterocycles. The molecule has 6 nitrogen and oxygen atoms in total. The lowest BCUT2D eigenvalue weighted by atomic mass is 9.73. The van der Waals surface area contributed by atoms with Crippen molar-refractivity contribution in [2.24, 2.45) is 5.41 Å². The van der Waals surface area contributed by atoms with Gasteiger partial charge < -0.3 is 19.6 Å². The van der Waals surface area contributed by atoms with Crippen molar-refractivity contribution in [3.63, 3.8) is 0 Å². The SMILES string of the molecule is CN(C)CCN1C[C@@]2(CCCN(C(=O)CN(C)c3ccccc3)C2)CCC1=O. The first-order chi connectivity index (χ1) is 13.4. The second-order valence-corrected chi connectivity index (χ2v) is 8.73. The zero-order valence-electron chi connectivity index (χ0n) is 17.6. The van der Waals surface area contributed by atoms with Gasteiger partial charge in [-0.1, -0.05) is 18.2 Å². The molecule has 2 aliphatic heterocycles. The molecule has 0 radical (unpaired) electrons. The van der Waals surface area contributed by atoms with E-state index in [9.17, 15) is 9.59 Å². The highest BCUT2D eigenvalue weighted by Gasteiger charge is 2.42. The molecule has 0 aliphatic carbocycles. The van der Waals surface area contributed by atoms with Gasteiger partial charge in [-0.3, -0.25) is 9.59 Å². The van der Waals surface area contributed by atoms with Gasteiger partial charge in [-0.2, -0.15) is 0 Å². The number of rotatable bonds is 6. The average Bonchev–Trinajstić information content (AvgIpc) is 2.69. The molecule has 2 aliphatic rings. The van der Waals surface area contributed by atoms with E-state index in [0.717, 1.165) is 57.7 Å². The maximum atomic E-state index is 13.0. The Hall–Kier alpha value is -2.08. The molecule has 2 saturated heterocycles. The summed E-state index contributed by atoms with van der Waals surface area (Å²) in [6, 6.07) is 10.0. The van der Waals surface area contributed by atoms with Crippen LogP contribution in [0, 0.1) is 5.41 Å². The summed E-state index contributed by atoms with van der Waals surface area (Å²) in [5, 5.41) is 0. The highest BCUT2D eigenvalue weighted by atomic mass is 16.2. The summed E-state index contributed by atoms with van der Waals surface area (Å²) in [5.41, 5.74) is 1.13. The van der Waals surface area contributed by atoms with Crippen molar-refractivity contribution in [2.75, 3.05) is 65.3 Å². The monoisotopic (exact) mass is 386 g/mol. The molecule has 0 bridgehead atoms. The Morgan fingerprint density at radius 1 is 1.11 bits per heavy atom. The van der Waals surface area contributed by atoms with E-state index in [1.54, 1.807) is 0 Å². The Labute approximate surface area is 169 Å². The molecule has 2 fully saturated rings. The van der Waals surface area contributed by atoms with Gasteiger partial charge in [-0.15, -0.1) is 0 Å². The van der Waals surface area contributed by atoms with E-state index in [1.807, 2.05) is 66.2 Å². The van der Waals surface area contributed by atoms with E-state index in [1.165, 1.54) is 0 Å². The quantitative estimate of drug-likeness (QED) is 0.749. The van der Waals surface area contributed by atoms with Gasteiger partial charge in [-0.05, 0) is 45.5 Å². The van der Waals surface area contributed by atoms with E-state index in [4.69, 9.17) is 0 Å². The van der Waals surface area contributed by atoms with E-state index >= 15 is 0 Å². The molecular weight excluding hydrogens is 352 g/mol. The zero-order chi connectivity index (χ0) is 20.1. The Kier molecular flexibility index (Phi) is 6.60. The summed E-state index contributed by atoms with van der Waals surface area (Å²) in [4.78, 5) is 33.5. The molecule has 6 heteroatoms. The number of para-hydroxylation sites is 1. The summed E-state index contributed by atoms with van der Waals surface area (Å²) in [6.07, 6.45) is 3.65. The van der Waals surface area contributed by atoms with Crippen molar-refractivity contribution in [1.29, 1.82) is 0 Å². The number of nitrogens with zero attached hydrogens (tertiary/aromatic N) is 4. The highest BCUT2D eigenvalue weighted by molar-refractivity contribution is 5.82. The molecule has 3 rings (SSSR count). The summed E-state index contributed by atoms with van der Waals surface area (Å²) in [6.45, 7) is 4.45. The van der Waals surface area contributed by atoms with Gasteiger partial charge in [0.15, 0.2) is 0 Å². The second kappa shape index (κ2) is 8.95. The van der Waals surface area contributed by atoms with Gasteiger partial charge in [0.05, 0.1) is 6.54 Å². The standard InChI is InChI=1S/C22H34N4O2/c1-23(2)14-15-26-18-22(12-10-20(26)27)11-7-13-25(17-22)21(28)16-24(3)19-8-5-4-6-9-19/h4-6,8-9H,7,10-18H2,1-3H3/t22-/m0/s1. The molecule has 1 aromatic rings. The highest BCUT2D eigenvalue weighted by Crippen LogP contribution is 2.38. The predicted molar refractivity (Wildman–Crippen MR) is 112 cm³/mol. The summed E-state index contributed by atoms with van der Waals surface area (Å²) >= 11 is 0. The molecule has 1 spiro atoms. The molecule has 0 saturated carbocycles. The summed E-state index contributed by atoms with van der Waals surface area (Å²) < 4.78 is 0. The number of piperidine rings is 2. The molecule has 2 amide bonds. The fraction of sp³-hybridized carbons (Fsp3) is 0.636. The minimum absolute atomic E-state index is 0.0689. The van der Waals surface area contributed by atoms with E-state index < -0.39 is 0 Å². The van der Waals surface area contributed by atoms with Crippen molar-refractivity contribution in [2.45, 2.75) is 25.7 Å². The van der Waals surface area contributed by atoms with Crippen molar-refractivity contribution >= 4 is 17.5 Å². The lowest BCUT2D eigenvalue weighted by molar-refractivity contribution is -0.142. The molecule has 1 aromatic carbocycles. The van der Waals surface area contributed by atoms with Crippen LogP contribution in [-0.4, -0.2) is 86.9 Å². The van der Waals surface area contributed by atoms with E-state index in [-0.39, 0.29) is 17.2 Å². The number of likely N-dealkylation sites (N-methyl/N-ethyl adjacent to an activating group) is 2. The number of hydrogen-bond acceptors (Lipinski definition) is 4. The van der Waals surface area contributed by atoms with Crippen LogP contribution in [0.4, 0.5) is 5.69 Å². The number of carbonyl (C=O) groups excluding carboxylic acids is 2. The normalized spacial score (nSPS) is 22.8. The lowest BCUT2D eigenvalue weighted by Gasteiger charge is -2.48. The first-order valence-electron chi connectivity index (χ1n) is 10.4. The van der Waals surface area contributed by atoms with Crippen molar-refractivity contribution in [3.8, 4) is 0 Å². The Morgan fingerprint density at radius 3 is 2.57 bits per heavy atom. The fourth-order valence-corrected chi connectivity index (χ4v) is 4.46. The number of likely N-dealkylation sites (tertiary alicyclic amines) is 2. The van der Waals surface area contributed by atoms with E-state index in [0.29, 0.717) is 13.0 Å². The van der Waals surface area contributed by atoms with Crippen molar-refractivity contribution in [3.05, 3.63) is 30.3 Å². The van der Waals surface area contributed by atoms with Crippen LogP contribution < -0.4 is 4.90 Å². The fourth-order valence-electron chi connectivity index (χ4n) is 4.46. The first kappa shape index (κ1) is 20.6. The molecule has 28 heavy (non-hydrogen) atoms. The number of amides is 2. The smallest absolute Gasteiger partial charge is 0.242 e. The van der Waals surface area contributed by atoms with Crippen LogP contribution in [0.3, 0.4) is 0 Å². The van der Waals surface area contributed by atoms with Gasteiger partial charge in [0, 0.05) is 57.3 Å². The Balaban J connectivity index is 1.61. The number of hydrogen-bond donors (Lipinski definition) is 0. The van der Waals surface area contributed by atoms with Crippen molar-refractivity contribution in [1.82, 2.24) is 14.7 Å². The molecule has 154 valence electrons. The largest absolute Gasteiger partial charge is 0.365 e. The zero-order valence-corrected chi connectivity index (χ0v) is 17.6. The molecular formula is C22H34N4O2. The molecule has 1 atom stereocenters. The third-order valence-corrected chi connectivity index (χ3v) is 6.15. The van der Waals surface area contributed by atoms with Crippen LogP contribution in [0.2, 0.25) is 0 Å². The number of carbonyl (C=O) groups is 2. The third-order valence-electron chi connectivity index (χ3n) is 6.15. The van der Waals surface area contributed by atoms with Crippen LogP contribution >= 0.6 is 0 Å². The van der Waals surface area contributed by atoms with Gasteiger partial charge in [0.25, 0.3) is 0 Å². The Morgan fingerprint density at radius 2 is 1.86 bits per heavy atom. The lowest BCUT2D eigenvalue weighted by Crippen LogP contribution is -2.56. The third kappa shape index (κ3) is 5.04. The number of anilines is 1. The molecule has 0 unspecified atom stereocenters. The Bertz CT molecular complexity index is 678. The minimum Gasteiger partial charge on any atom is -0.365 e. The van der Waals surface area contributed by atoms with Gasteiger partial charge in [-0.25, -0.2) is 0 Å². The van der Waals surface area contributed by atoms with Crippen LogP contribution in [0.25, 0.3) is 0 Å². The summed E-state index contributed by atoms with van der Waals surface area (Å²) in [7, 11) is 6.04. The van der Waals surface area contributed by atoms with E-state index in [2.05, 4.69) is 4.90 Å². The maximum Gasteiger partial charge on any atom is 0.242 e. The predicted octanol–water partition coefficient (Wildman–Crippen LogP) is 1.92. The van der Waals surface area contributed by atoms with Gasteiger partial charge in [0.1, 0.15) is 0 Å². The van der Waals surface area contributed by atoms with Gasteiger partial charge in [0.2, 0.25) is 11.8 Å². The maximum absolute atomic E-state index is 13.0. The van der Waals surface area contributed by atoms with Crippen LogP contribution in [0.1, 0.15) is 25.7 Å². The molecule has 0 N–H and O–H groups in total. The summed E-state index contributed by atoms with van der Waals surface area (Å²) in [5.74, 6) is 0.446. The van der Waals surface area contributed by atoms with Crippen LogP contribution in [-0.2, 0) is 9.59 Å². The number of benzene rings is 1. The van der Waals surface area contributed by atoms with Crippen LogP contribution in [0.15, 0.2) is 30.3 Å². The van der Waals surface area contributed by atoms with Crippen molar-refractivity contribution < 1.29 is 9.59 Å². The first-order valence-corrected chi connectivity index (χ1v) is 10.4. The van der Waals surface area contributed by atoms with Crippen LogP contribution in [0.5, 0.6) is 0 Å². The minimum atomic E-state index is 0.0689. The van der Waals surface area contributed by atoms with Gasteiger partial charge >= 0.3 is 0 Å². The second-order valence-electron chi connectivity index (χ2n) is 8.73.